The summed E-state index contributed by atoms with van der Waals surface area (Å²) in [5.41, 5.74) is 3.46. The Labute approximate surface area is 187 Å². The van der Waals surface area contributed by atoms with E-state index >= 15 is 0 Å². The lowest BCUT2D eigenvalue weighted by atomic mass is 10.0. The molecule has 0 spiro atoms. The highest BCUT2D eigenvalue weighted by atomic mass is 35.5. The van der Waals surface area contributed by atoms with Gasteiger partial charge in [0.15, 0.2) is 0 Å². The van der Waals surface area contributed by atoms with Gasteiger partial charge in [0.1, 0.15) is 12.0 Å². The fraction of sp³-hybridized carbons (Fsp3) is 0.333. The minimum atomic E-state index is -0.166. The van der Waals surface area contributed by atoms with Crippen LogP contribution >= 0.6 is 11.6 Å². The molecule has 1 N–H and O–H groups in total. The molecular weight excluding hydrogens is 412 g/mol. The summed E-state index contributed by atoms with van der Waals surface area (Å²) in [6, 6.07) is 17.6. The predicted molar refractivity (Wildman–Crippen MR) is 124 cm³/mol. The Bertz CT molecular complexity index is 999. The van der Waals surface area contributed by atoms with Gasteiger partial charge in [-0.1, -0.05) is 22.8 Å². The lowest BCUT2D eigenvalue weighted by Crippen LogP contribution is -2.44. The van der Waals surface area contributed by atoms with Crippen molar-refractivity contribution in [1.82, 2.24) is 10.1 Å². The number of nitrogens with zero attached hydrogens (tertiary/aromatic N) is 3. The molecule has 0 radical (unpaired) electrons. The first kappa shape index (κ1) is 21.4. The van der Waals surface area contributed by atoms with Crippen LogP contribution in [0.5, 0.6) is 0 Å². The Balaban J connectivity index is 1.31. The highest BCUT2D eigenvalue weighted by molar-refractivity contribution is 6.31. The number of amides is 1. The summed E-state index contributed by atoms with van der Waals surface area (Å²) in [6.07, 6.45) is 3.81. The number of benzene rings is 2. The standard InChI is InChI=1S/C24H27ClN4O2/c1-17(23-12-15-31-27-23)28(2)21-10-13-29(14-11-21)22-8-6-20(7-9-22)26-24(30)18-4-3-5-19(25)16-18/h3-9,12,15-17,21H,10-11,13-14H2,1-2H3,(H,26,30). The third-order valence-electron chi connectivity index (χ3n) is 6.11. The van der Waals surface area contributed by atoms with Crippen LogP contribution < -0.4 is 10.2 Å². The molecule has 2 heterocycles. The molecule has 7 heteroatoms. The third-order valence-corrected chi connectivity index (χ3v) is 6.35. The van der Waals surface area contributed by atoms with Gasteiger partial charge in [-0.25, -0.2) is 0 Å². The van der Waals surface area contributed by atoms with Crippen molar-refractivity contribution >= 4 is 28.9 Å². The molecule has 4 rings (SSSR count). The molecule has 0 bridgehead atoms. The molecule has 1 aliphatic heterocycles. The summed E-state index contributed by atoms with van der Waals surface area (Å²) in [5, 5.41) is 7.56. The van der Waals surface area contributed by atoms with Crippen molar-refractivity contribution in [2.45, 2.75) is 31.8 Å². The Kier molecular flexibility index (Phi) is 6.59. The second kappa shape index (κ2) is 9.54. The van der Waals surface area contributed by atoms with Crippen molar-refractivity contribution in [1.29, 1.82) is 0 Å². The Hall–Kier alpha value is -2.83. The van der Waals surface area contributed by atoms with Gasteiger partial charge >= 0.3 is 0 Å². The predicted octanol–water partition coefficient (Wildman–Crippen LogP) is 5.24. The number of piperidine rings is 1. The number of rotatable bonds is 6. The summed E-state index contributed by atoms with van der Waals surface area (Å²) in [4.78, 5) is 17.2. The summed E-state index contributed by atoms with van der Waals surface area (Å²) >= 11 is 5.98. The first-order valence-corrected chi connectivity index (χ1v) is 10.9. The van der Waals surface area contributed by atoms with Gasteiger partial charge in [-0.2, -0.15) is 0 Å². The molecule has 31 heavy (non-hydrogen) atoms. The van der Waals surface area contributed by atoms with Crippen molar-refractivity contribution in [2.24, 2.45) is 0 Å². The second-order valence-corrected chi connectivity index (χ2v) is 8.43. The minimum Gasteiger partial charge on any atom is -0.371 e. The number of hydrogen-bond donors (Lipinski definition) is 1. The monoisotopic (exact) mass is 438 g/mol. The van der Waals surface area contributed by atoms with E-state index in [4.69, 9.17) is 16.1 Å². The van der Waals surface area contributed by atoms with Gasteiger partial charge in [0.2, 0.25) is 0 Å². The summed E-state index contributed by atoms with van der Waals surface area (Å²) in [5.74, 6) is -0.166. The normalized spacial score (nSPS) is 15.8. The third kappa shape index (κ3) is 5.09. The lowest BCUT2D eigenvalue weighted by molar-refractivity contribution is 0.102. The molecule has 0 aliphatic carbocycles. The molecule has 2 aromatic carbocycles. The van der Waals surface area contributed by atoms with Crippen molar-refractivity contribution in [3.05, 3.63) is 77.1 Å². The number of hydrogen-bond acceptors (Lipinski definition) is 5. The first-order chi connectivity index (χ1) is 15.0. The number of nitrogens with one attached hydrogen (secondary N) is 1. The molecule has 1 atom stereocenters. The van der Waals surface area contributed by atoms with Crippen LogP contribution in [0.4, 0.5) is 11.4 Å². The SMILES string of the molecule is CC(c1ccon1)N(C)C1CCN(c2ccc(NC(=O)c3cccc(Cl)c3)cc2)CC1. The molecular formula is C24H27ClN4O2. The summed E-state index contributed by atoms with van der Waals surface area (Å²) < 4.78 is 4.99. The highest BCUT2D eigenvalue weighted by Gasteiger charge is 2.27. The molecule has 3 aromatic rings. The molecule has 1 unspecified atom stereocenters. The van der Waals surface area contributed by atoms with Crippen LogP contribution in [0.25, 0.3) is 0 Å². The zero-order valence-corrected chi connectivity index (χ0v) is 18.5. The van der Waals surface area contributed by atoms with Gasteiger partial charge in [0.05, 0.1) is 6.04 Å². The van der Waals surface area contributed by atoms with E-state index in [0.29, 0.717) is 16.6 Å². The second-order valence-electron chi connectivity index (χ2n) is 8.00. The van der Waals surface area contributed by atoms with Crippen molar-refractivity contribution in [2.75, 3.05) is 30.4 Å². The maximum Gasteiger partial charge on any atom is 0.255 e. The number of anilines is 2. The largest absolute Gasteiger partial charge is 0.371 e. The van der Waals surface area contributed by atoms with E-state index in [-0.39, 0.29) is 11.9 Å². The summed E-state index contributed by atoms with van der Waals surface area (Å²) in [6.45, 7) is 4.16. The number of carbonyl (C=O) groups is 1. The minimum absolute atomic E-state index is 0.166. The average molecular weight is 439 g/mol. The van der Waals surface area contributed by atoms with Gasteiger partial charge < -0.3 is 14.7 Å². The van der Waals surface area contributed by atoms with Crippen LogP contribution in [-0.4, -0.2) is 42.1 Å². The quantitative estimate of drug-likeness (QED) is 0.570. The number of aromatic nitrogens is 1. The number of carbonyl (C=O) groups excluding carboxylic acids is 1. The van der Waals surface area contributed by atoms with Crippen molar-refractivity contribution in [3.63, 3.8) is 0 Å². The van der Waals surface area contributed by atoms with Gasteiger partial charge in [-0.05, 0) is 69.3 Å². The zero-order chi connectivity index (χ0) is 21.8. The van der Waals surface area contributed by atoms with Crippen LogP contribution in [0.15, 0.2) is 65.4 Å². The smallest absolute Gasteiger partial charge is 0.255 e. The zero-order valence-electron chi connectivity index (χ0n) is 17.8. The van der Waals surface area contributed by atoms with Gasteiger partial charge in [0.25, 0.3) is 5.91 Å². The first-order valence-electron chi connectivity index (χ1n) is 10.6. The molecule has 6 nitrogen and oxygen atoms in total. The summed E-state index contributed by atoms with van der Waals surface area (Å²) in [7, 11) is 2.16. The van der Waals surface area contributed by atoms with Crippen LogP contribution in [0.3, 0.4) is 0 Å². The molecule has 1 aliphatic rings. The van der Waals surface area contributed by atoms with Crippen LogP contribution in [-0.2, 0) is 0 Å². The van der Waals surface area contributed by atoms with E-state index < -0.39 is 0 Å². The lowest BCUT2D eigenvalue weighted by Gasteiger charge is -2.39. The van der Waals surface area contributed by atoms with Crippen molar-refractivity contribution < 1.29 is 9.32 Å². The molecule has 1 amide bonds. The fourth-order valence-electron chi connectivity index (χ4n) is 4.08. The molecule has 162 valence electrons. The number of halogens is 1. The highest BCUT2D eigenvalue weighted by Crippen LogP contribution is 2.28. The van der Waals surface area contributed by atoms with Crippen LogP contribution in [0.2, 0.25) is 5.02 Å². The van der Waals surface area contributed by atoms with Crippen molar-refractivity contribution in [3.8, 4) is 0 Å². The Morgan fingerprint density at radius 2 is 1.94 bits per heavy atom. The maximum absolute atomic E-state index is 12.4. The van der Waals surface area contributed by atoms with Gasteiger partial charge in [-0.15, -0.1) is 0 Å². The van der Waals surface area contributed by atoms with Gasteiger partial charge in [0, 0.05) is 47.2 Å². The van der Waals surface area contributed by atoms with E-state index in [1.807, 2.05) is 18.2 Å². The van der Waals surface area contributed by atoms with Crippen LogP contribution in [0, 0.1) is 0 Å². The maximum atomic E-state index is 12.4. The molecule has 1 aromatic heterocycles. The van der Waals surface area contributed by atoms with E-state index in [2.05, 4.69) is 46.4 Å². The Morgan fingerprint density at radius 3 is 2.58 bits per heavy atom. The molecule has 1 fully saturated rings. The van der Waals surface area contributed by atoms with Gasteiger partial charge in [-0.3, -0.25) is 9.69 Å². The van der Waals surface area contributed by atoms with E-state index in [1.165, 1.54) is 5.69 Å². The average Bonchev–Trinajstić information content (AvgIpc) is 3.34. The Morgan fingerprint density at radius 1 is 1.19 bits per heavy atom. The molecule has 0 saturated carbocycles. The van der Waals surface area contributed by atoms with E-state index in [1.54, 1.807) is 30.5 Å². The van der Waals surface area contributed by atoms with E-state index in [9.17, 15) is 4.79 Å². The van der Waals surface area contributed by atoms with Crippen LogP contribution in [0.1, 0.15) is 41.9 Å². The fourth-order valence-corrected chi connectivity index (χ4v) is 4.27. The topological polar surface area (TPSA) is 61.6 Å². The van der Waals surface area contributed by atoms with E-state index in [0.717, 1.165) is 37.3 Å². The molecule has 1 saturated heterocycles.